The van der Waals surface area contributed by atoms with Crippen molar-refractivity contribution in [2.75, 3.05) is 26.2 Å². The molecule has 0 atom stereocenters. The van der Waals surface area contributed by atoms with Gasteiger partial charge in [-0.2, -0.15) is 9.40 Å². The van der Waals surface area contributed by atoms with Crippen molar-refractivity contribution < 1.29 is 13.2 Å². The quantitative estimate of drug-likeness (QED) is 0.470. The first kappa shape index (κ1) is 21.1. The second-order valence-electron chi connectivity index (χ2n) is 7.68. The molecule has 1 aromatic carbocycles. The molecule has 1 N–H and O–H groups in total. The van der Waals surface area contributed by atoms with Crippen molar-refractivity contribution in [1.29, 1.82) is 0 Å². The first-order valence-electron chi connectivity index (χ1n) is 10.3. The Balaban J connectivity index is 1.34. The zero-order chi connectivity index (χ0) is 23.2. The van der Waals surface area contributed by atoms with Gasteiger partial charge in [-0.15, -0.1) is 5.10 Å². The summed E-state index contributed by atoms with van der Waals surface area (Å²) < 4.78 is 29.9. The summed E-state index contributed by atoms with van der Waals surface area (Å²) in [5, 5.41) is 8.59. The highest BCUT2D eigenvalue weighted by Gasteiger charge is 2.31. The number of sulfonamides is 1. The van der Waals surface area contributed by atoms with Crippen LogP contribution in [0.15, 0.2) is 64.5 Å². The van der Waals surface area contributed by atoms with E-state index in [4.69, 9.17) is 0 Å². The Morgan fingerprint density at radius 1 is 1.03 bits per heavy atom. The van der Waals surface area contributed by atoms with Gasteiger partial charge in [0.15, 0.2) is 0 Å². The number of nitrogens with zero attached hydrogens (tertiary/aromatic N) is 6. The molecule has 11 nitrogen and oxygen atoms in total. The summed E-state index contributed by atoms with van der Waals surface area (Å²) in [4.78, 5) is 29.9. The van der Waals surface area contributed by atoms with Gasteiger partial charge in [0.2, 0.25) is 16.0 Å². The number of aromatic nitrogens is 5. The Bertz CT molecular complexity index is 1500. The number of rotatable bonds is 4. The first-order valence-corrected chi connectivity index (χ1v) is 11.8. The Kier molecular flexibility index (Phi) is 5.10. The lowest BCUT2D eigenvalue weighted by Gasteiger charge is -2.34. The molecular weight excluding hydrogens is 446 g/mol. The number of carbonyl (C=O) groups excluding carboxylic acids is 1. The standard InChI is InChI=1S/C21H21N7O4S/c1-15-17(14-22-28(15)21-23-19(29)18-8-5-9-27(18)24-21)20(30)25-10-12-26(13-11-25)33(31,32)16-6-3-2-4-7-16/h2-9,14H,10-13H2,1H3,(H,23,24,29). The maximum atomic E-state index is 13.1. The topological polar surface area (TPSA) is 126 Å². The Hall–Kier alpha value is -3.77. The van der Waals surface area contributed by atoms with Crippen molar-refractivity contribution in [3.63, 3.8) is 0 Å². The van der Waals surface area contributed by atoms with E-state index < -0.39 is 10.0 Å². The fraction of sp³-hybridized carbons (Fsp3) is 0.238. The van der Waals surface area contributed by atoms with E-state index in [0.717, 1.165) is 0 Å². The highest BCUT2D eigenvalue weighted by atomic mass is 32.2. The molecule has 1 saturated heterocycles. The normalized spacial score (nSPS) is 15.2. The zero-order valence-corrected chi connectivity index (χ0v) is 18.6. The molecule has 1 aliphatic heterocycles. The van der Waals surface area contributed by atoms with Crippen LogP contribution < -0.4 is 5.56 Å². The number of nitrogens with one attached hydrogen (secondary N) is 1. The highest BCUT2D eigenvalue weighted by molar-refractivity contribution is 7.89. The number of H-pyrrole nitrogens is 1. The summed E-state index contributed by atoms with van der Waals surface area (Å²) in [5.41, 5.74) is 0.977. The zero-order valence-electron chi connectivity index (χ0n) is 17.7. The summed E-state index contributed by atoms with van der Waals surface area (Å²) in [6.07, 6.45) is 3.09. The Labute approximate surface area is 188 Å². The van der Waals surface area contributed by atoms with Crippen LogP contribution in [-0.4, -0.2) is 74.1 Å². The summed E-state index contributed by atoms with van der Waals surface area (Å²) >= 11 is 0. The molecule has 4 aromatic rings. The van der Waals surface area contributed by atoms with Gasteiger partial charge in [-0.1, -0.05) is 18.2 Å². The number of benzene rings is 1. The molecule has 0 bridgehead atoms. The second kappa shape index (κ2) is 7.98. The molecule has 1 aliphatic rings. The molecule has 12 heteroatoms. The predicted octanol–water partition coefficient (Wildman–Crippen LogP) is 0.663. The van der Waals surface area contributed by atoms with E-state index in [0.29, 0.717) is 16.8 Å². The van der Waals surface area contributed by atoms with Crippen molar-refractivity contribution in [2.45, 2.75) is 11.8 Å². The minimum atomic E-state index is -3.60. The summed E-state index contributed by atoms with van der Waals surface area (Å²) in [6.45, 7) is 2.65. The van der Waals surface area contributed by atoms with Crippen molar-refractivity contribution in [2.24, 2.45) is 0 Å². The van der Waals surface area contributed by atoms with Crippen LogP contribution in [0.4, 0.5) is 0 Å². The smallest absolute Gasteiger partial charge is 0.276 e. The molecule has 0 unspecified atom stereocenters. The number of piperazine rings is 1. The third-order valence-corrected chi connectivity index (χ3v) is 7.65. The third kappa shape index (κ3) is 3.62. The van der Waals surface area contributed by atoms with E-state index >= 15 is 0 Å². The van der Waals surface area contributed by atoms with Gasteiger partial charge in [-0.3, -0.25) is 14.6 Å². The van der Waals surface area contributed by atoms with Crippen molar-refractivity contribution in [1.82, 2.24) is 33.6 Å². The Morgan fingerprint density at radius 3 is 2.48 bits per heavy atom. The summed E-state index contributed by atoms with van der Waals surface area (Å²) in [7, 11) is -3.60. The maximum Gasteiger partial charge on any atom is 0.276 e. The van der Waals surface area contributed by atoms with Gasteiger partial charge < -0.3 is 4.90 Å². The van der Waals surface area contributed by atoms with Gasteiger partial charge in [0.05, 0.1) is 22.3 Å². The number of hydrogen-bond donors (Lipinski definition) is 1. The van der Waals surface area contributed by atoms with Crippen molar-refractivity contribution in [3.8, 4) is 5.95 Å². The van der Waals surface area contributed by atoms with E-state index in [1.165, 1.54) is 19.7 Å². The highest BCUT2D eigenvalue weighted by Crippen LogP contribution is 2.19. The van der Waals surface area contributed by atoms with Crippen LogP contribution in [0.25, 0.3) is 11.5 Å². The lowest BCUT2D eigenvalue weighted by Crippen LogP contribution is -2.50. The van der Waals surface area contributed by atoms with Gasteiger partial charge in [-0.05, 0) is 31.2 Å². The molecule has 170 valence electrons. The second-order valence-corrected chi connectivity index (χ2v) is 9.62. The summed E-state index contributed by atoms with van der Waals surface area (Å²) in [6, 6.07) is 11.6. The minimum Gasteiger partial charge on any atom is -0.336 e. The molecule has 3 aromatic heterocycles. The number of amides is 1. The van der Waals surface area contributed by atoms with Crippen molar-refractivity contribution in [3.05, 3.63) is 76.5 Å². The van der Waals surface area contributed by atoms with Gasteiger partial charge in [0.25, 0.3) is 11.5 Å². The molecule has 0 radical (unpaired) electrons. The van der Waals surface area contributed by atoms with Gasteiger partial charge in [-0.25, -0.2) is 17.6 Å². The maximum absolute atomic E-state index is 13.1. The lowest BCUT2D eigenvalue weighted by atomic mass is 10.2. The van der Waals surface area contributed by atoms with E-state index in [1.807, 2.05) is 0 Å². The third-order valence-electron chi connectivity index (χ3n) is 5.74. The van der Waals surface area contributed by atoms with Crippen LogP contribution in [-0.2, 0) is 10.0 Å². The molecule has 0 spiro atoms. The SMILES string of the molecule is Cc1c(C(=O)N2CCN(S(=O)(=O)c3ccccc3)CC2)cnn1-c1nn2cccc2c(=O)[nH]1. The molecule has 4 heterocycles. The molecule has 0 aliphatic carbocycles. The largest absolute Gasteiger partial charge is 0.336 e. The van der Waals surface area contributed by atoms with E-state index in [2.05, 4.69) is 15.2 Å². The van der Waals surface area contributed by atoms with Gasteiger partial charge in [0.1, 0.15) is 5.52 Å². The van der Waals surface area contributed by atoms with E-state index in [9.17, 15) is 18.0 Å². The fourth-order valence-corrected chi connectivity index (χ4v) is 5.35. The molecule has 0 saturated carbocycles. The van der Waals surface area contributed by atoms with Crippen LogP contribution in [0.5, 0.6) is 0 Å². The molecular formula is C21H21N7O4S. The van der Waals surface area contributed by atoms with E-state index in [-0.39, 0.29) is 48.5 Å². The minimum absolute atomic E-state index is 0.194. The lowest BCUT2D eigenvalue weighted by molar-refractivity contribution is 0.0697. The van der Waals surface area contributed by atoms with Crippen LogP contribution in [0, 0.1) is 6.92 Å². The summed E-state index contributed by atoms with van der Waals surface area (Å²) in [5.74, 6) is -0.0566. The molecule has 1 amide bonds. The van der Waals surface area contributed by atoms with E-state index in [1.54, 1.807) is 60.5 Å². The molecule has 5 rings (SSSR count). The Morgan fingerprint density at radius 2 is 1.76 bits per heavy atom. The van der Waals surface area contributed by atoms with Crippen LogP contribution in [0.3, 0.4) is 0 Å². The fourth-order valence-electron chi connectivity index (χ4n) is 3.90. The average molecular weight is 468 g/mol. The monoisotopic (exact) mass is 467 g/mol. The van der Waals surface area contributed by atoms with Crippen LogP contribution in [0.1, 0.15) is 16.1 Å². The van der Waals surface area contributed by atoms with Crippen LogP contribution >= 0.6 is 0 Å². The predicted molar refractivity (Wildman–Crippen MR) is 119 cm³/mol. The number of fused-ring (bicyclic) bond motifs is 1. The average Bonchev–Trinajstić information content (AvgIpc) is 3.46. The molecule has 1 fully saturated rings. The number of carbonyl (C=O) groups is 1. The van der Waals surface area contributed by atoms with Gasteiger partial charge >= 0.3 is 0 Å². The van der Waals surface area contributed by atoms with Gasteiger partial charge in [0, 0.05) is 32.4 Å². The number of hydrogen-bond acceptors (Lipinski definition) is 6. The van der Waals surface area contributed by atoms with Crippen molar-refractivity contribution >= 4 is 21.4 Å². The first-order chi connectivity index (χ1) is 15.9. The van der Waals surface area contributed by atoms with Crippen LogP contribution in [0.2, 0.25) is 0 Å². The number of aromatic amines is 1. The molecule has 33 heavy (non-hydrogen) atoms.